The first kappa shape index (κ1) is 17.5. The number of nitriles is 1. The molecule has 0 atom stereocenters. The summed E-state index contributed by atoms with van der Waals surface area (Å²) < 4.78 is 14.8. The summed E-state index contributed by atoms with van der Waals surface area (Å²) in [6.07, 6.45) is 2.11. The minimum absolute atomic E-state index is 0.297. The van der Waals surface area contributed by atoms with Gasteiger partial charge in [-0.25, -0.2) is 0 Å². The topological polar surface area (TPSA) is 47.2 Å². The van der Waals surface area contributed by atoms with Gasteiger partial charge in [-0.3, -0.25) is 0 Å². The molecule has 4 nitrogen and oxygen atoms in total. The van der Waals surface area contributed by atoms with Gasteiger partial charge in [0.2, 0.25) is 0 Å². The van der Waals surface area contributed by atoms with Crippen molar-refractivity contribution >= 4 is 26.8 Å². The van der Waals surface area contributed by atoms with E-state index in [0.717, 1.165) is 27.5 Å². The second-order valence-electron chi connectivity index (χ2n) is 7.48. The molecule has 24 heavy (non-hydrogen) atoms. The molecule has 0 bridgehead atoms. The number of hydrogen-bond donors (Lipinski definition) is 0. The summed E-state index contributed by atoms with van der Waals surface area (Å²) in [5.41, 5.74) is 1.66. The van der Waals surface area contributed by atoms with Gasteiger partial charge in [0.15, 0.2) is 5.79 Å². The van der Waals surface area contributed by atoms with Crippen molar-refractivity contribution in [3.8, 4) is 6.07 Å². The van der Waals surface area contributed by atoms with E-state index < -0.39 is 11.2 Å². The zero-order valence-electron chi connectivity index (χ0n) is 14.6. The van der Waals surface area contributed by atoms with Gasteiger partial charge < -0.3 is 14.0 Å². The third-order valence-corrected chi connectivity index (χ3v) is 5.08. The summed E-state index contributed by atoms with van der Waals surface area (Å²) >= 11 is 3.56. The Morgan fingerprint density at radius 1 is 1.33 bits per heavy atom. The summed E-state index contributed by atoms with van der Waals surface area (Å²) in [6.45, 7) is 9.98. The molecule has 0 amide bonds. The number of hydrogen-bond acceptors (Lipinski definition) is 3. The Balaban J connectivity index is 1.96. The van der Waals surface area contributed by atoms with Crippen LogP contribution in [0.4, 0.5) is 0 Å². The Hall–Kier alpha value is -1.35. The number of halogens is 1. The van der Waals surface area contributed by atoms with Gasteiger partial charge in [0.1, 0.15) is 0 Å². The van der Waals surface area contributed by atoms with Crippen molar-refractivity contribution in [1.82, 2.24) is 4.57 Å². The van der Waals surface area contributed by atoms with E-state index in [-0.39, 0.29) is 0 Å². The second-order valence-corrected chi connectivity index (χ2v) is 8.40. The van der Waals surface area contributed by atoms with Crippen LogP contribution in [0.15, 0.2) is 28.9 Å². The summed E-state index contributed by atoms with van der Waals surface area (Å²) in [4.78, 5) is 0. The number of aromatic nitrogens is 1. The van der Waals surface area contributed by atoms with E-state index >= 15 is 0 Å². The monoisotopic (exact) mass is 390 g/mol. The largest absolute Gasteiger partial charge is 0.350 e. The maximum Gasteiger partial charge on any atom is 0.162 e. The molecule has 0 unspecified atom stereocenters. The van der Waals surface area contributed by atoms with E-state index in [1.807, 2.05) is 33.8 Å². The predicted octanol–water partition coefficient (Wildman–Crippen LogP) is 4.60. The van der Waals surface area contributed by atoms with Crippen LogP contribution in [0.25, 0.3) is 10.9 Å². The van der Waals surface area contributed by atoms with E-state index in [0.29, 0.717) is 19.1 Å². The fraction of sp³-hybridized carbons (Fsp3) is 0.526. The normalized spacial score (nSPS) is 18.7. The first-order valence-electron chi connectivity index (χ1n) is 8.20. The van der Waals surface area contributed by atoms with Crippen LogP contribution in [-0.2, 0) is 21.4 Å². The molecule has 1 fully saturated rings. The highest BCUT2D eigenvalue weighted by atomic mass is 79.9. The summed E-state index contributed by atoms with van der Waals surface area (Å²) in [7, 11) is 0. The molecule has 5 heteroatoms. The van der Waals surface area contributed by atoms with Crippen LogP contribution in [0, 0.1) is 17.2 Å². The molecule has 1 aliphatic heterocycles. The molecule has 2 heterocycles. The molecule has 1 saturated heterocycles. The average molecular weight is 391 g/mol. The highest BCUT2D eigenvalue weighted by Gasteiger charge is 2.30. The number of rotatable bonds is 3. The lowest BCUT2D eigenvalue weighted by atomic mass is 9.86. The Bertz CT molecular complexity index is 792. The number of benzene rings is 1. The van der Waals surface area contributed by atoms with Crippen LogP contribution in [-0.4, -0.2) is 23.6 Å². The second kappa shape index (κ2) is 6.18. The van der Waals surface area contributed by atoms with Crippen LogP contribution in [0.2, 0.25) is 0 Å². The molecule has 1 aromatic heterocycles. The molecule has 0 aliphatic carbocycles. The summed E-state index contributed by atoms with van der Waals surface area (Å²) in [6, 6.07) is 8.64. The average Bonchev–Trinajstić information content (AvgIpc) is 2.88. The van der Waals surface area contributed by atoms with Crippen LogP contribution in [0.5, 0.6) is 0 Å². The van der Waals surface area contributed by atoms with Crippen LogP contribution >= 0.6 is 15.9 Å². The minimum Gasteiger partial charge on any atom is -0.350 e. The SMILES string of the molecule is CC1(C)OCC(Cn2cc(C(C)(C)C#N)c3ccc(Br)cc32)CO1. The van der Waals surface area contributed by atoms with Crippen LogP contribution in [0.1, 0.15) is 33.3 Å². The summed E-state index contributed by atoms with van der Waals surface area (Å²) in [5.74, 6) is -0.197. The molecule has 0 N–H and O–H groups in total. The van der Waals surface area contributed by atoms with Crippen LogP contribution in [0.3, 0.4) is 0 Å². The highest BCUT2D eigenvalue weighted by molar-refractivity contribution is 9.10. The first-order chi connectivity index (χ1) is 11.2. The van der Waals surface area contributed by atoms with E-state index in [9.17, 15) is 5.26 Å². The van der Waals surface area contributed by atoms with Gasteiger partial charge in [0.25, 0.3) is 0 Å². The molecule has 0 saturated carbocycles. The fourth-order valence-electron chi connectivity index (χ4n) is 3.08. The molecule has 1 aromatic carbocycles. The minimum atomic E-state index is -0.529. The maximum atomic E-state index is 9.54. The lowest BCUT2D eigenvalue weighted by Gasteiger charge is -2.35. The molecule has 3 rings (SSSR count). The van der Waals surface area contributed by atoms with Crippen molar-refractivity contribution in [3.63, 3.8) is 0 Å². The van der Waals surface area contributed by atoms with Crippen LogP contribution < -0.4 is 0 Å². The Labute approximate surface area is 151 Å². The van der Waals surface area contributed by atoms with Crippen molar-refractivity contribution in [2.24, 2.45) is 5.92 Å². The van der Waals surface area contributed by atoms with Gasteiger partial charge in [-0.15, -0.1) is 0 Å². The number of ether oxygens (including phenoxy) is 2. The zero-order valence-corrected chi connectivity index (χ0v) is 16.2. The first-order valence-corrected chi connectivity index (χ1v) is 8.99. The zero-order chi connectivity index (χ0) is 17.5. The van der Waals surface area contributed by atoms with E-state index in [4.69, 9.17) is 9.47 Å². The van der Waals surface area contributed by atoms with E-state index in [1.54, 1.807) is 0 Å². The van der Waals surface area contributed by atoms with Crippen molar-refractivity contribution in [2.75, 3.05) is 13.2 Å². The third kappa shape index (κ3) is 3.37. The maximum absolute atomic E-state index is 9.54. The third-order valence-electron chi connectivity index (χ3n) is 4.59. The van der Waals surface area contributed by atoms with Gasteiger partial charge in [-0.1, -0.05) is 22.0 Å². The molecule has 0 spiro atoms. The molecule has 1 aliphatic rings. The molecular weight excluding hydrogens is 368 g/mol. The van der Waals surface area contributed by atoms with Crippen molar-refractivity contribution in [2.45, 2.75) is 45.4 Å². The number of nitrogens with zero attached hydrogens (tertiary/aromatic N) is 2. The Kier molecular flexibility index (Phi) is 4.50. The van der Waals surface area contributed by atoms with Gasteiger partial charge in [0.05, 0.1) is 24.7 Å². The van der Waals surface area contributed by atoms with E-state index in [1.165, 1.54) is 0 Å². The van der Waals surface area contributed by atoms with Gasteiger partial charge in [-0.05, 0) is 45.4 Å². The van der Waals surface area contributed by atoms with Gasteiger partial charge in [0, 0.05) is 34.0 Å². The fourth-order valence-corrected chi connectivity index (χ4v) is 3.43. The number of fused-ring (bicyclic) bond motifs is 1. The molecule has 128 valence electrons. The predicted molar refractivity (Wildman–Crippen MR) is 97.8 cm³/mol. The van der Waals surface area contributed by atoms with Gasteiger partial charge >= 0.3 is 0 Å². The molecule has 0 radical (unpaired) electrons. The summed E-state index contributed by atoms with van der Waals surface area (Å²) in [5, 5.41) is 10.7. The van der Waals surface area contributed by atoms with Crippen molar-refractivity contribution in [1.29, 1.82) is 5.26 Å². The molecular formula is C19H23BrN2O2. The van der Waals surface area contributed by atoms with Crippen molar-refractivity contribution < 1.29 is 9.47 Å². The smallest absolute Gasteiger partial charge is 0.162 e. The lowest BCUT2D eigenvalue weighted by Crippen LogP contribution is -2.40. The standard InChI is InChI=1S/C19H23BrN2O2/c1-18(2,12-21)16-9-22(17-7-14(20)5-6-15(16)17)8-13-10-23-19(3,4)24-11-13/h5-7,9,13H,8,10-11H2,1-4H3. The Morgan fingerprint density at radius 2 is 2.00 bits per heavy atom. The lowest BCUT2D eigenvalue weighted by molar-refractivity contribution is -0.263. The quantitative estimate of drug-likeness (QED) is 0.768. The molecule has 2 aromatic rings. The van der Waals surface area contributed by atoms with Gasteiger partial charge in [-0.2, -0.15) is 5.26 Å². The Morgan fingerprint density at radius 3 is 2.62 bits per heavy atom. The van der Waals surface area contributed by atoms with Crippen molar-refractivity contribution in [3.05, 3.63) is 34.4 Å². The highest BCUT2D eigenvalue weighted by Crippen LogP contribution is 2.34. The van der Waals surface area contributed by atoms with E-state index in [2.05, 4.69) is 44.9 Å².